The quantitative estimate of drug-likeness (QED) is 0.476. The van der Waals surface area contributed by atoms with Crippen molar-refractivity contribution in [1.82, 2.24) is 24.6 Å². The van der Waals surface area contributed by atoms with Crippen LogP contribution in [0.3, 0.4) is 0 Å². The highest BCUT2D eigenvalue weighted by molar-refractivity contribution is 6.05. The Morgan fingerprint density at radius 3 is 2.62 bits per heavy atom. The van der Waals surface area contributed by atoms with Crippen LogP contribution in [0.25, 0.3) is 21.9 Å². The Hall–Kier alpha value is -3.85. The van der Waals surface area contributed by atoms with E-state index in [1.165, 1.54) is 0 Å². The first-order valence-corrected chi connectivity index (χ1v) is 11.3. The van der Waals surface area contributed by atoms with Gasteiger partial charge in [-0.3, -0.25) is 14.4 Å². The van der Waals surface area contributed by atoms with Crippen molar-refractivity contribution in [2.45, 2.75) is 0 Å². The predicted molar refractivity (Wildman–Crippen MR) is 131 cm³/mol. The molecular weight excluding hydrogens is 433 g/mol. The number of pyridine rings is 2. The van der Waals surface area contributed by atoms with Crippen LogP contribution in [0.4, 0.5) is 16.0 Å². The van der Waals surface area contributed by atoms with Crippen LogP contribution in [-0.2, 0) is 7.05 Å². The van der Waals surface area contributed by atoms with Crippen LogP contribution >= 0.6 is 0 Å². The molecule has 8 nitrogen and oxygen atoms in total. The minimum atomic E-state index is -0.332. The highest BCUT2D eigenvalue weighted by atomic mass is 19.1. The molecule has 174 valence electrons. The maximum Gasteiger partial charge on any atom is 0.257 e. The zero-order chi connectivity index (χ0) is 23.5. The number of fused-ring (bicyclic) bond motifs is 1. The highest BCUT2D eigenvalue weighted by Gasteiger charge is 2.19. The molecule has 1 fully saturated rings. The Labute approximate surface area is 197 Å². The van der Waals surface area contributed by atoms with E-state index in [2.05, 4.69) is 36.2 Å². The van der Waals surface area contributed by atoms with Crippen molar-refractivity contribution >= 4 is 28.3 Å². The summed E-state index contributed by atoms with van der Waals surface area (Å²) in [7, 11) is 1.89. The predicted octanol–water partition coefficient (Wildman–Crippen LogP) is 3.37. The zero-order valence-electron chi connectivity index (χ0n) is 19.0. The number of aryl methyl sites for hydroxylation is 1. The molecule has 1 saturated heterocycles. The van der Waals surface area contributed by atoms with Gasteiger partial charge in [0.2, 0.25) is 0 Å². The Balaban J connectivity index is 1.31. The number of nitrogens with zero attached hydrogens (tertiary/aromatic N) is 6. The highest BCUT2D eigenvalue weighted by Crippen LogP contribution is 2.25. The molecule has 1 aromatic carbocycles. The number of rotatable bonds is 6. The lowest BCUT2D eigenvalue weighted by molar-refractivity contribution is 0.102. The summed E-state index contributed by atoms with van der Waals surface area (Å²) in [6.07, 6.45) is 7.19. The van der Waals surface area contributed by atoms with E-state index in [9.17, 15) is 9.18 Å². The van der Waals surface area contributed by atoms with Crippen LogP contribution in [-0.4, -0.2) is 70.0 Å². The second-order valence-electron chi connectivity index (χ2n) is 8.41. The van der Waals surface area contributed by atoms with Crippen molar-refractivity contribution in [3.8, 4) is 11.1 Å². The van der Waals surface area contributed by atoms with E-state index in [0.717, 1.165) is 53.9 Å². The molecule has 0 atom stereocenters. The van der Waals surface area contributed by atoms with Crippen LogP contribution in [0.1, 0.15) is 10.4 Å². The van der Waals surface area contributed by atoms with Gasteiger partial charge in [0, 0.05) is 74.9 Å². The molecule has 1 N–H and O–H groups in total. The second-order valence-corrected chi connectivity index (χ2v) is 8.41. The summed E-state index contributed by atoms with van der Waals surface area (Å²) in [6.45, 7) is 3.20. The minimum Gasteiger partial charge on any atom is -0.354 e. The second kappa shape index (κ2) is 9.56. The molecule has 5 rings (SSSR count). The molecular formula is C25H26FN7O. The van der Waals surface area contributed by atoms with Gasteiger partial charge >= 0.3 is 0 Å². The molecule has 34 heavy (non-hydrogen) atoms. The third-order valence-electron chi connectivity index (χ3n) is 6.11. The van der Waals surface area contributed by atoms with Gasteiger partial charge in [-0.15, -0.1) is 0 Å². The number of carbonyl (C=O) groups excluding carboxylic acids is 1. The lowest BCUT2D eigenvalue weighted by Gasteiger charge is -2.35. The van der Waals surface area contributed by atoms with Gasteiger partial charge in [0.1, 0.15) is 18.3 Å². The molecule has 1 aliphatic rings. The average Bonchev–Trinajstić information content (AvgIpc) is 3.30. The largest absolute Gasteiger partial charge is 0.354 e. The van der Waals surface area contributed by atoms with E-state index in [1.807, 2.05) is 37.6 Å². The third-order valence-corrected chi connectivity index (χ3v) is 6.11. The van der Waals surface area contributed by atoms with Crippen molar-refractivity contribution in [2.24, 2.45) is 7.05 Å². The molecule has 0 spiro atoms. The maximum atomic E-state index is 13.0. The van der Waals surface area contributed by atoms with Crippen LogP contribution < -0.4 is 10.2 Å². The fourth-order valence-electron chi connectivity index (χ4n) is 4.20. The van der Waals surface area contributed by atoms with Crippen molar-refractivity contribution in [3.63, 3.8) is 0 Å². The number of alkyl halides is 1. The molecule has 3 aromatic heterocycles. The summed E-state index contributed by atoms with van der Waals surface area (Å²) in [5.41, 5.74) is 2.60. The molecule has 1 amide bonds. The number of carbonyl (C=O) groups is 1. The number of aromatic nitrogens is 4. The molecule has 9 heteroatoms. The van der Waals surface area contributed by atoms with Crippen LogP contribution in [0.5, 0.6) is 0 Å². The monoisotopic (exact) mass is 459 g/mol. The van der Waals surface area contributed by atoms with Crippen molar-refractivity contribution in [3.05, 3.63) is 66.7 Å². The van der Waals surface area contributed by atoms with Gasteiger partial charge in [-0.2, -0.15) is 5.10 Å². The van der Waals surface area contributed by atoms with Gasteiger partial charge in [0.15, 0.2) is 0 Å². The van der Waals surface area contributed by atoms with Crippen molar-refractivity contribution in [1.29, 1.82) is 0 Å². The molecule has 0 aliphatic carbocycles. The SMILES string of the molecule is Cn1cc(-c2ccc3cnc(NC(=O)c4ccnc(N5CCN(CCF)CC5)c4)cc3c2)cn1. The summed E-state index contributed by atoms with van der Waals surface area (Å²) >= 11 is 0. The molecule has 0 radical (unpaired) electrons. The van der Waals surface area contributed by atoms with Crippen molar-refractivity contribution < 1.29 is 9.18 Å². The van der Waals surface area contributed by atoms with Gasteiger partial charge < -0.3 is 10.2 Å². The molecule has 0 bridgehead atoms. The minimum absolute atomic E-state index is 0.241. The summed E-state index contributed by atoms with van der Waals surface area (Å²) in [5, 5.41) is 9.11. The van der Waals surface area contributed by atoms with Gasteiger partial charge in [-0.25, -0.2) is 14.4 Å². The van der Waals surface area contributed by atoms with E-state index in [4.69, 9.17) is 0 Å². The molecule has 0 saturated carbocycles. The molecule has 4 heterocycles. The van der Waals surface area contributed by atoms with E-state index < -0.39 is 0 Å². The van der Waals surface area contributed by atoms with Gasteiger partial charge in [-0.05, 0) is 35.2 Å². The van der Waals surface area contributed by atoms with E-state index in [-0.39, 0.29) is 12.6 Å². The topological polar surface area (TPSA) is 79.2 Å². The number of amides is 1. The molecule has 0 unspecified atom stereocenters. The number of nitrogens with one attached hydrogen (secondary N) is 1. The number of piperazine rings is 1. The van der Waals surface area contributed by atoms with E-state index in [0.29, 0.717) is 17.9 Å². The first kappa shape index (κ1) is 22.0. The average molecular weight is 460 g/mol. The summed E-state index contributed by atoms with van der Waals surface area (Å²) in [4.78, 5) is 26.0. The number of halogens is 1. The Morgan fingerprint density at radius 2 is 1.85 bits per heavy atom. The number of hydrogen-bond acceptors (Lipinski definition) is 6. The smallest absolute Gasteiger partial charge is 0.257 e. The number of anilines is 2. The van der Waals surface area contributed by atoms with Crippen LogP contribution in [0, 0.1) is 0 Å². The van der Waals surface area contributed by atoms with Crippen LogP contribution in [0.15, 0.2) is 61.2 Å². The Morgan fingerprint density at radius 1 is 1.00 bits per heavy atom. The fourth-order valence-corrected chi connectivity index (χ4v) is 4.20. The fraction of sp³-hybridized carbons (Fsp3) is 0.280. The van der Waals surface area contributed by atoms with E-state index >= 15 is 0 Å². The lowest BCUT2D eigenvalue weighted by Crippen LogP contribution is -2.47. The zero-order valence-corrected chi connectivity index (χ0v) is 19.0. The summed E-state index contributed by atoms with van der Waals surface area (Å²) in [6, 6.07) is 11.5. The molecule has 1 aliphatic heterocycles. The Bertz CT molecular complexity index is 1310. The standard InChI is InChI=1S/C25H26FN7O/c1-31-17-22(16-29-31)18-2-3-20-15-28-23(13-21(20)12-18)30-25(34)19-4-6-27-24(14-19)33-10-8-32(7-5-26)9-11-33/h2-4,6,12-17H,5,7-11H2,1H3,(H,28,30,34). The third kappa shape index (κ3) is 4.74. The summed E-state index contributed by atoms with van der Waals surface area (Å²) < 4.78 is 14.4. The Kier molecular flexibility index (Phi) is 6.18. The van der Waals surface area contributed by atoms with Gasteiger partial charge in [0.25, 0.3) is 5.91 Å². The normalized spacial score (nSPS) is 14.5. The van der Waals surface area contributed by atoms with Crippen LogP contribution in [0.2, 0.25) is 0 Å². The van der Waals surface area contributed by atoms with Gasteiger partial charge in [0.05, 0.1) is 6.20 Å². The van der Waals surface area contributed by atoms with Gasteiger partial charge in [-0.1, -0.05) is 12.1 Å². The maximum absolute atomic E-state index is 13.0. The van der Waals surface area contributed by atoms with Crippen molar-refractivity contribution in [2.75, 3.05) is 49.6 Å². The molecule has 4 aromatic rings. The number of hydrogen-bond donors (Lipinski definition) is 1. The first-order valence-electron chi connectivity index (χ1n) is 11.3. The number of benzene rings is 1. The summed E-state index contributed by atoms with van der Waals surface area (Å²) in [5.74, 6) is 0.995. The van der Waals surface area contributed by atoms with E-state index in [1.54, 1.807) is 29.2 Å². The first-order chi connectivity index (χ1) is 16.6. The lowest BCUT2D eigenvalue weighted by atomic mass is 10.1.